The molecule has 0 atom stereocenters. The van der Waals surface area contributed by atoms with Gasteiger partial charge in [0.05, 0.1) is 11.2 Å². The van der Waals surface area contributed by atoms with E-state index >= 15 is 0 Å². The molecule has 0 bridgehead atoms. The number of aromatic amines is 1. The van der Waals surface area contributed by atoms with Crippen molar-refractivity contribution in [3.8, 4) is 17.2 Å². The second-order valence-corrected chi connectivity index (χ2v) is 5.79. The Morgan fingerprint density at radius 2 is 1.68 bits per heavy atom. The van der Waals surface area contributed by atoms with E-state index in [4.69, 9.17) is 0 Å². The first kappa shape index (κ1) is 15.4. The van der Waals surface area contributed by atoms with Crippen molar-refractivity contribution in [2.75, 3.05) is 18.0 Å². The quantitative estimate of drug-likeness (QED) is 0.606. The van der Waals surface area contributed by atoms with E-state index in [0.717, 1.165) is 35.7 Å². The lowest BCUT2D eigenvalue weighted by atomic mass is 10.2. The fraction of sp³-hybridized carbons (Fsp3) is 0.211. The number of hydrogen-bond acceptors (Lipinski definition) is 4. The number of H-pyrrole nitrogens is 1. The molecule has 2 aromatic carbocycles. The minimum absolute atomic E-state index is 0.599. The van der Waals surface area contributed by atoms with Crippen molar-refractivity contribution >= 4 is 16.6 Å². The van der Waals surface area contributed by atoms with E-state index in [1.165, 1.54) is 5.39 Å². The van der Waals surface area contributed by atoms with Gasteiger partial charge in [-0.25, -0.2) is 0 Å². The molecule has 4 aromatic rings. The van der Waals surface area contributed by atoms with Crippen LogP contribution < -0.4 is 4.90 Å². The van der Waals surface area contributed by atoms with Crippen molar-refractivity contribution in [2.45, 2.75) is 13.8 Å². The number of fused-ring (bicyclic) bond motifs is 1. The van der Waals surface area contributed by atoms with Gasteiger partial charge in [0.2, 0.25) is 5.82 Å². The maximum atomic E-state index is 4.28. The first-order chi connectivity index (χ1) is 12.3. The minimum Gasteiger partial charge on any atom is -0.370 e. The van der Waals surface area contributed by atoms with Crippen LogP contribution in [0.2, 0.25) is 0 Å². The molecule has 126 valence electrons. The Bertz CT molecular complexity index is 968. The predicted octanol–water partition coefficient (Wildman–Crippen LogP) is 3.66. The number of rotatable bonds is 5. The molecule has 4 rings (SSSR count). The Hall–Kier alpha value is -3.15. The molecule has 0 radical (unpaired) electrons. The summed E-state index contributed by atoms with van der Waals surface area (Å²) in [7, 11) is 0. The van der Waals surface area contributed by atoms with E-state index in [2.05, 4.69) is 80.3 Å². The molecule has 0 saturated heterocycles. The summed E-state index contributed by atoms with van der Waals surface area (Å²) < 4.78 is 2.22. The molecule has 0 fully saturated rings. The van der Waals surface area contributed by atoms with Crippen molar-refractivity contribution in [1.29, 1.82) is 0 Å². The van der Waals surface area contributed by atoms with Gasteiger partial charge in [-0.15, -0.1) is 10.2 Å². The number of hydrogen-bond donors (Lipinski definition) is 1. The van der Waals surface area contributed by atoms with Gasteiger partial charge in [-0.1, -0.05) is 36.4 Å². The van der Waals surface area contributed by atoms with Crippen LogP contribution in [0.5, 0.6) is 0 Å². The lowest BCUT2D eigenvalue weighted by molar-refractivity contribution is 0.867. The van der Waals surface area contributed by atoms with Gasteiger partial charge in [-0.3, -0.25) is 0 Å². The van der Waals surface area contributed by atoms with Gasteiger partial charge in [0.15, 0.2) is 0 Å². The zero-order chi connectivity index (χ0) is 17.2. The highest BCUT2D eigenvalue weighted by Gasteiger charge is 2.25. The molecular formula is C19H20N6. The lowest BCUT2D eigenvalue weighted by Crippen LogP contribution is -2.22. The number of benzene rings is 2. The average molecular weight is 332 g/mol. The third-order valence-electron chi connectivity index (χ3n) is 4.50. The van der Waals surface area contributed by atoms with E-state index in [1.807, 2.05) is 18.2 Å². The van der Waals surface area contributed by atoms with Gasteiger partial charge in [0.1, 0.15) is 5.69 Å². The normalized spacial score (nSPS) is 11.1. The van der Waals surface area contributed by atoms with Crippen molar-refractivity contribution in [2.24, 2.45) is 0 Å². The van der Waals surface area contributed by atoms with Gasteiger partial charge in [0.25, 0.3) is 0 Å². The zero-order valence-corrected chi connectivity index (χ0v) is 14.3. The van der Waals surface area contributed by atoms with E-state index in [0.29, 0.717) is 5.82 Å². The average Bonchev–Trinajstić information content (AvgIpc) is 3.30. The highest BCUT2D eigenvalue weighted by molar-refractivity contribution is 6.02. The molecule has 2 aromatic heterocycles. The Labute approximate surface area is 146 Å². The molecule has 0 unspecified atom stereocenters. The molecule has 6 nitrogen and oxygen atoms in total. The van der Waals surface area contributed by atoms with Crippen LogP contribution in [0.1, 0.15) is 13.8 Å². The summed E-state index contributed by atoms with van der Waals surface area (Å²) >= 11 is 0. The van der Waals surface area contributed by atoms with Crippen LogP contribution in [0.25, 0.3) is 28.1 Å². The van der Waals surface area contributed by atoms with Crippen LogP contribution in [0.3, 0.4) is 0 Å². The number of tetrazole rings is 1. The highest BCUT2D eigenvalue weighted by Crippen LogP contribution is 2.40. The van der Waals surface area contributed by atoms with Crippen LogP contribution in [0, 0.1) is 0 Å². The molecule has 0 aliphatic carbocycles. The Balaban J connectivity index is 2.15. The van der Waals surface area contributed by atoms with Crippen molar-refractivity contribution in [1.82, 2.24) is 25.2 Å². The van der Waals surface area contributed by atoms with E-state index < -0.39 is 0 Å². The fourth-order valence-electron chi connectivity index (χ4n) is 3.40. The SMILES string of the molecule is CCN(CC)c1c(-c2nn[nH]n2)n(-c2ccccc2)c2ccccc12. The summed E-state index contributed by atoms with van der Waals surface area (Å²) in [6.07, 6.45) is 0. The van der Waals surface area contributed by atoms with Gasteiger partial charge in [-0.05, 0) is 37.3 Å². The molecule has 0 aliphatic rings. The van der Waals surface area contributed by atoms with Crippen LogP contribution in [0.15, 0.2) is 54.6 Å². The molecule has 1 N–H and O–H groups in total. The summed E-state index contributed by atoms with van der Waals surface area (Å²) in [6, 6.07) is 18.7. The van der Waals surface area contributed by atoms with E-state index in [1.54, 1.807) is 0 Å². The summed E-state index contributed by atoms with van der Waals surface area (Å²) in [5.74, 6) is 0.599. The first-order valence-electron chi connectivity index (χ1n) is 8.52. The molecule has 0 aliphatic heterocycles. The van der Waals surface area contributed by atoms with Gasteiger partial charge in [-0.2, -0.15) is 5.21 Å². The summed E-state index contributed by atoms with van der Waals surface area (Å²) in [5.41, 5.74) is 4.32. The Morgan fingerprint density at radius 3 is 2.36 bits per heavy atom. The van der Waals surface area contributed by atoms with Gasteiger partial charge < -0.3 is 9.47 Å². The molecule has 0 amide bonds. The molecule has 25 heavy (non-hydrogen) atoms. The smallest absolute Gasteiger partial charge is 0.223 e. The fourth-order valence-corrected chi connectivity index (χ4v) is 3.40. The molecular weight excluding hydrogens is 312 g/mol. The van der Waals surface area contributed by atoms with Gasteiger partial charge in [0, 0.05) is 24.2 Å². The van der Waals surface area contributed by atoms with Crippen molar-refractivity contribution in [3.63, 3.8) is 0 Å². The number of nitrogens with one attached hydrogen (secondary N) is 1. The number of anilines is 1. The van der Waals surface area contributed by atoms with Crippen molar-refractivity contribution < 1.29 is 0 Å². The van der Waals surface area contributed by atoms with Crippen LogP contribution >= 0.6 is 0 Å². The molecule has 2 heterocycles. The summed E-state index contributed by atoms with van der Waals surface area (Å²) in [5, 5.41) is 16.1. The number of nitrogens with zero attached hydrogens (tertiary/aromatic N) is 5. The molecule has 0 saturated carbocycles. The van der Waals surface area contributed by atoms with Crippen molar-refractivity contribution in [3.05, 3.63) is 54.6 Å². The van der Waals surface area contributed by atoms with Crippen LogP contribution in [-0.4, -0.2) is 38.3 Å². The molecule has 6 heteroatoms. The Morgan fingerprint density at radius 1 is 0.960 bits per heavy atom. The Kier molecular flexibility index (Phi) is 3.93. The topological polar surface area (TPSA) is 62.6 Å². The second-order valence-electron chi connectivity index (χ2n) is 5.79. The predicted molar refractivity (Wildman–Crippen MR) is 100 cm³/mol. The maximum Gasteiger partial charge on any atom is 0.223 e. The third-order valence-corrected chi connectivity index (χ3v) is 4.50. The van der Waals surface area contributed by atoms with Gasteiger partial charge >= 0.3 is 0 Å². The maximum absolute atomic E-state index is 4.28. The minimum atomic E-state index is 0.599. The largest absolute Gasteiger partial charge is 0.370 e. The third kappa shape index (κ3) is 2.46. The zero-order valence-electron chi connectivity index (χ0n) is 14.3. The summed E-state index contributed by atoms with van der Waals surface area (Å²) in [4.78, 5) is 2.34. The highest BCUT2D eigenvalue weighted by atomic mass is 15.5. The van der Waals surface area contributed by atoms with E-state index in [9.17, 15) is 0 Å². The summed E-state index contributed by atoms with van der Waals surface area (Å²) in [6.45, 7) is 6.14. The number of para-hydroxylation sites is 2. The monoisotopic (exact) mass is 332 g/mol. The lowest BCUT2D eigenvalue weighted by Gasteiger charge is -2.22. The van der Waals surface area contributed by atoms with Crippen LogP contribution in [-0.2, 0) is 0 Å². The second kappa shape index (κ2) is 6.39. The molecule has 0 spiro atoms. The number of aromatic nitrogens is 5. The van der Waals surface area contributed by atoms with Crippen LogP contribution in [0.4, 0.5) is 5.69 Å². The first-order valence-corrected chi connectivity index (χ1v) is 8.52. The van der Waals surface area contributed by atoms with E-state index in [-0.39, 0.29) is 0 Å². The standard InChI is InChI=1S/C19H20N6/c1-3-24(4-2)17-15-12-8-9-13-16(15)25(14-10-6-5-7-11-14)18(17)19-20-22-23-21-19/h5-13H,3-4H2,1-2H3,(H,20,21,22,23).